The Bertz CT molecular complexity index is 184. The highest BCUT2D eigenvalue weighted by Crippen LogP contribution is 2.03. The molecule has 0 spiro atoms. The van der Waals surface area contributed by atoms with Gasteiger partial charge in [0.1, 0.15) is 0 Å². The summed E-state index contributed by atoms with van der Waals surface area (Å²) in [5.41, 5.74) is 0. The van der Waals surface area contributed by atoms with Gasteiger partial charge < -0.3 is 15.3 Å². The molecule has 0 radical (unpaired) electrons. The molecule has 0 aromatic carbocycles. The highest BCUT2D eigenvalue weighted by molar-refractivity contribution is 5.67. The molecule has 0 aromatic rings. The van der Waals surface area contributed by atoms with Crippen molar-refractivity contribution in [1.82, 2.24) is 4.90 Å². The van der Waals surface area contributed by atoms with Crippen molar-refractivity contribution in [2.45, 2.75) is 38.8 Å². The second kappa shape index (κ2) is 7.62. The van der Waals surface area contributed by atoms with Gasteiger partial charge in [0.15, 0.2) is 0 Å². The largest absolute Gasteiger partial charge is 0.481 e. The summed E-state index contributed by atoms with van der Waals surface area (Å²) in [4.78, 5) is 12.3. The summed E-state index contributed by atoms with van der Waals surface area (Å²) in [6.07, 6.45) is -0.441. The van der Waals surface area contributed by atoms with Crippen LogP contribution in [0, 0.1) is 0 Å². The van der Waals surface area contributed by atoms with Crippen molar-refractivity contribution in [3.05, 3.63) is 0 Å². The molecule has 0 fully saturated rings. The van der Waals surface area contributed by atoms with Gasteiger partial charge in [-0.25, -0.2) is 0 Å². The van der Waals surface area contributed by atoms with Crippen LogP contribution in [0.15, 0.2) is 0 Å². The van der Waals surface area contributed by atoms with Crippen molar-refractivity contribution < 1.29 is 20.1 Å². The molecule has 0 rings (SSSR count). The number of aliphatic carboxylic acids is 1. The fourth-order valence-corrected chi connectivity index (χ4v) is 1.37. The van der Waals surface area contributed by atoms with Crippen molar-refractivity contribution in [2.24, 2.45) is 0 Å². The third-order valence-corrected chi connectivity index (χ3v) is 2.19. The molecule has 5 heteroatoms. The number of carbonyl (C=O) groups is 1. The molecule has 0 aromatic heterocycles. The maximum Gasteiger partial charge on any atom is 0.306 e. The fourth-order valence-electron chi connectivity index (χ4n) is 1.37. The SMILES string of the molecule is CC(C)N(CCCO)CC(O)CC(=O)O. The minimum atomic E-state index is -0.992. The van der Waals surface area contributed by atoms with E-state index >= 15 is 0 Å². The maximum atomic E-state index is 10.4. The van der Waals surface area contributed by atoms with Gasteiger partial charge in [0.05, 0.1) is 12.5 Å². The normalized spacial score (nSPS) is 13.5. The summed E-state index contributed by atoms with van der Waals surface area (Å²) in [7, 11) is 0. The Labute approximate surface area is 90.3 Å². The van der Waals surface area contributed by atoms with Crippen LogP contribution in [0.25, 0.3) is 0 Å². The molecular weight excluding hydrogens is 198 g/mol. The first kappa shape index (κ1) is 14.3. The zero-order chi connectivity index (χ0) is 11.8. The van der Waals surface area contributed by atoms with E-state index in [2.05, 4.69) is 0 Å². The molecule has 15 heavy (non-hydrogen) atoms. The molecule has 0 aliphatic rings. The number of hydrogen-bond acceptors (Lipinski definition) is 4. The van der Waals surface area contributed by atoms with Crippen molar-refractivity contribution >= 4 is 5.97 Å². The van der Waals surface area contributed by atoms with Crippen LogP contribution in [0.3, 0.4) is 0 Å². The van der Waals surface area contributed by atoms with Gasteiger partial charge in [-0.1, -0.05) is 0 Å². The number of rotatable bonds is 8. The van der Waals surface area contributed by atoms with E-state index in [1.165, 1.54) is 0 Å². The van der Waals surface area contributed by atoms with Gasteiger partial charge in [-0.2, -0.15) is 0 Å². The fraction of sp³-hybridized carbons (Fsp3) is 0.900. The van der Waals surface area contributed by atoms with Crippen LogP contribution in [0.5, 0.6) is 0 Å². The molecule has 1 atom stereocenters. The second-order valence-electron chi connectivity index (χ2n) is 3.92. The van der Waals surface area contributed by atoms with Gasteiger partial charge in [0, 0.05) is 25.7 Å². The first-order valence-corrected chi connectivity index (χ1v) is 5.22. The van der Waals surface area contributed by atoms with Crippen molar-refractivity contribution in [3.8, 4) is 0 Å². The first-order valence-electron chi connectivity index (χ1n) is 5.22. The smallest absolute Gasteiger partial charge is 0.306 e. The van der Waals surface area contributed by atoms with Crippen LogP contribution in [0.4, 0.5) is 0 Å². The maximum absolute atomic E-state index is 10.4. The summed E-state index contributed by atoms with van der Waals surface area (Å²) in [5.74, 6) is -0.992. The molecule has 5 nitrogen and oxygen atoms in total. The Balaban J connectivity index is 3.97. The average molecular weight is 219 g/mol. The minimum Gasteiger partial charge on any atom is -0.481 e. The number of aliphatic hydroxyl groups excluding tert-OH is 2. The molecule has 3 N–H and O–H groups in total. The van der Waals surface area contributed by atoms with E-state index in [4.69, 9.17) is 10.2 Å². The van der Waals surface area contributed by atoms with E-state index in [1.54, 1.807) is 0 Å². The third-order valence-electron chi connectivity index (χ3n) is 2.19. The van der Waals surface area contributed by atoms with E-state index in [1.807, 2.05) is 18.7 Å². The molecule has 0 aliphatic heterocycles. The third kappa shape index (κ3) is 7.30. The number of carboxylic acid groups (broad SMARTS) is 1. The highest BCUT2D eigenvalue weighted by Gasteiger charge is 2.16. The van der Waals surface area contributed by atoms with E-state index in [-0.39, 0.29) is 19.1 Å². The Kier molecular flexibility index (Phi) is 7.29. The number of nitrogens with zero attached hydrogens (tertiary/aromatic N) is 1. The zero-order valence-corrected chi connectivity index (χ0v) is 9.39. The summed E-state index contributed by atoms with van der Waals surface area (Å²) >= 11 is 0. The standard InChI is InChI=1S/C10H21NO4/c1-8(2)11(4-3-5-12)7-9(13)6-10(14)15/h8-9,12-13H,3-7H2,1-2H3,(H,14,15). The molecule has 0 amide bonds. The van der Waals surface area contributed by atoms with E-state index in [0.29, 0.717) is 19.5 Å². The monoisotopic (exact) mass is 219 g/mol. The molecule has 0 saturated carbocycles. The lowest BCUT2D eigenvalue weighted by molar-refractivity contribution is -0.139. The molecule has 0 saturated heterocycles. The topological polar surface area (TPSA) is 81.0 Å². The minimum absolute atomic E-state index is 0.109. The number of hydrogen-bond donors (Lipinski definition) is 3. The summed E-state index contributed by atoms with van der Waals surface area (Å²) in [6.45, 7) is 5.07. The Morgan fingerprint density at radius 3 is 2.40 bits per heavy atom. The predicted octanol–water partition coefficient (Wildman–Crippen LogP) is -0.0852. The van der Waals surface area contributed by atoms with E-state index < -0.39 is 12.1 Å². The van der Waals surface area contributed by atoms with Crippen LogP contribution >= 0.6 is 0 Å². The van der Waals surface area contributed by atoms with Crippen molar-refractivity contribution in [1.29, 1.82) is 0 Å². The lowest BCUT2D eigenvalue weighted by Gasteiger charge is -2.28. The van der Waals surface area contributed by atoms with Gasteiger partial charge in [0.2, 0.25) is 0 Å². The van der Waals surface area contributed by atoms with E-state index in [0.717, 1.165) is 0 Å². The molecule has 90 valence electrons. The van der Waals surface area contributed by atoms with Crippen LogP contribution in [0.2, 0.25) is 0 Å². The second-order valence-corrected chi connectivity index (χ2v) is 3.92. The van der Waals surface area contributed by atoms with Gasteiger partial charge in [-0.05, 0) is 20.3 Å². The predicted molar refractivity (Wildman–Crippen MR) is 56.7 cm³/mol. The lowest BCUT2D eigenvalue weighted by atomic mass is 10.2. The molecule has 0 bridgehead atoms. The molecule has 1 unspecified atom stereocenters. The van der Waals surface area contributed by atoms with Crippen LogP contribution < -0.4 is 0 Å². The zero-order valence-electron chi connectivity index (χ0n) is 9.39. The van der Waals surface area contributed by atoms with Crippen molar-refractivity contribution in [3.63, 3.8) is 0 Å². The molecule has 0 aliphatic carbocycles. The number of aliphatic hydroxyl groups is 2. The highest BCUT2D eigenvalue weighted by atomic mass is 16.4. The van der Waals surface area contributed by atoms with Crippen LogP contribution in [-0.4, -0.2) is 58.0 Å². The first-order chi connectivity index (χ1) is 6.97. The Hall–Kier alpha value is -0.650. The Morgan fingerprint density at radius 1 is 1.40 bits per heavy atom. The van der Waals surface area contributed by atoms with E-state index in [9.17, 15) is 9.90 Å². The summed E-state index contributed by atoms with van der Waals surface area (Å²) < 4.78 is 0. The lowest BCUT2D eigenvalue weighted by Crippen LogP contribution is -2.39. The Morgan fingerprint density at radius 2 is 2.00 bits per heavy atom. The molecular formula is C10H21NO4. The van der Waals surface area contributed by atoms with Gasteiger partial charge in [-0.3, -0.25) is 9.69 Å². The van der Waals surface area contributed by atoms with Gasteiger partial charge in [-0.15, -0.1) is 0 Å². The van der Waals surface area contributed by atoms with Gasteiger partial charge in [0.25, 0.3) is 0 Å². The van der Waals surface area contributed by atoms with Crippen molar-refractivity contribution in [2.75, 3.05) is 19.7 Å². The van der Waals surface area contributed by atoms with Crippen LogP contribution in [-0.2, 0) is 4.79 Å². The number of carboxylic acids is 1. The average Bonchev–Trinajstić information content (AvgIpc) is 2.10. The molecule has 0 heterocycles. The quantitative estimate of drug-likeness (QED) is 0.532. The summed E-state index contributed by atoms with van der Waals surface area (Å²) in [5, 5.41) is 26.6. The van der Waals surface area contributed by atoms with Crippen LogP contribution in [0.1, 0.15) is 26.7 Å². The van der Waals surface area contributed by atoms with Gasteiger partial charge >= 0.3 is 5.97 Å². The summed E-state index contributed by atoms with van der Waals surface area (Å²) in [6, 6.07) is 0.236.